The van der Waals surface area contributed by atoms with Gasteiger partial charge in [0.25, 0.3) is 0 Å². The first-order valence-corrected chi connectivity index (χ1v) is 9.29. The van der Waals surface area contributed by atoms with Gasteiger partial charge in [-0.3, -0.25) is 0 Å². The van der Waals surface area contributed by atoms with Gasteiger partial charge < -0.3 is 10.1 Å². The molecule has 2 unspecified atom stereocenters. The first kappa shape index (κ1) is 16.3. The molecule has 20 heavy (non-hydrogen) atoms. The van der Waals surface area contributed by atoms with E-state index < -0.39 is 0 Å². The highest BCUT2D eigenvalue weighted by Crippen LogP contribution is 2.27. The molecule has 118 valence electrons. The average molecular weight is 281 g/mol. The molecule has 2 aliphatic carbocycles. The van der Waals surface area contributed by atoms with E-state index in [0.29, 0.717) is 18.2 Å². The van der Waals surface area contributed by atoms with E-state index in [0.717, 1.165) is 6.54 Å². The third kappa shape index (κ3) is 5.73. The maximum absolute atomic E-state index is 6.43. The van der Waals surface area contributed by atoms with Gasteiger partial charge in [-0.2, -0.15) is 0 Å². The molecule has 2 nitrogen and oxygen atoms in total. The Morgan fingerprint density at radius 3 is 1.90 bits per heavy atom. The molecule has 2 rings (SSSR count). The zero-order chi connectivity index (χ0) is 14.0. The highest BCUT2D eigenvalue weighted by atomic mass is 16.5. The number of likely N-dealkylation sites (N-methyl/N-ethyl adjacent to an activating group) is 1. The number of nitrogens with one attached hydrogen (secondary N) is 1. The van der Waals surface area contributed by atoms with Crippen LogP contribution in [0.4, 0.5) is 0 Å². The summed E-state index contributed by atoms with van der Waals surface area (Å²) in [7, 11) is 0. The third-order valence-electron chi connectivity index (χ3n) is 5.09. The molecule has 0 spiro atoms. The maximum Gasteiger partial charge on any atom is 0.0731 e. The predicted molar refractivity (Wildman–Crippen MR) is 86.1 cm³/mol. The second-order valence-electron chi connectivity index (χ2n) is 6.80. The van der Waals surface area contributed by atoms with Crippen molar-refractivity contribution in [2.24, 2.45) is 0 Å². The molecule has 2 saturated carbocycles. The van der Waals surface area contributed by atoms with Crippen LogP contribution in [0.3, 0.4) is 0 Å². The first-order valence-electron chi connectivity index (χ1n) is 9.29. The van der Waals surface area contributed by atoms with E-state index >= 15 is 0 Å². The lowest BCUT2D eigenvalue weighted by Gasteiger charge is -2.35. The molecule has 0 aromatic heterocycles. The van der Waals surface area contributed by atoms with E-state index in [1.807, 2.05) is 0 Å². The van der Waals surface area contributed by atoms with Gasteiger partial charge in [-0.1, -0.05) is 58.3 Å². The van der Waals surface area contributed by atoms with Crippen molar-refractivity contribution in [2.45, 2.75) is 109 Å². The van der Waals surface area contributed by atoms with Crippen molar-refractivity contribution in [3.63, 3.8) is 0 Å². The van der Waals surface area contributed by atoms with Crippen LogP contribution in [0.15, 0.2) is 0 Å². The summed E-state index contributed by atoms with van der Waals surface area (Å²) >= 11 is 0. The van der Waals surface area contributed by atoms with Gasteiger partial charge in [-0.15, -0.1) is 0 Å². The minimum atomic E-state index is 0.472. The second-order valence-corrected chi connectivity index (χ2v) is 6.80. The monoisotopic (exact) mass is 281 g/mol. The normalized spacial score (nSPS) is 31.1. The van der Waals surface area contributed by atoms with Gasteiger partial charge in [0, 0.05) is 6.04 Å². The van der Waals surface area contributed by atoms with Crippen LogP contribution in [-0.2, 0) is 4.74 Å². The van der Waals surface area contributed by atoms with Gasteiger partial charge >= 0.3 is 0 Å². The molecule has 0 saturated heterocycles. The van der Waals surface area contributed by atoms with Crippen LogP contribution in [0.5, 0.6) is 0 Å². The summed E-state index contributed by atoms with van der Waals surface area (Å²) in [6.07, 6.45) is 18.9. The van der Waals surface area contributed by atoms with Gasteiger partial charge in [-0.25, -0.2) is 0 Å². The van der Waals surface area contributed by atoms with Crippen LogP contribution in [0.25, 0.3) is 0 Å². The van der Waals surface area contributed by atoms with E-state index in [-0.39, 0.29) is 0 Å². The van der Waals surface area contributed by atoms with Crippen molar-refractivity contribution in [1.29, 1.82) is 0 Å². The van der Waals surface area contributed by atoms with Crippen molar-refractivity contribution >= 4 is 0 Å². The summed E-state index contributed by atoms with van der Waals surface area (Å²) in [5, 5.41) is 3.72. The average Bonchev–Trinajstić information content (AvgIpc) is 2.39. The Hall–Kier alpha value is -0.0800. The van der Waals surface area contributed by atoms with Crippen LogP contribution in [-0.4, -0.2) is 24.8 Å². The van der Waals surface area contributed by atoms with Gasteiger partial charge in [0.15, 0.2) is 0 Å². The molecule has 2 aliphatic rings. The Morgan fingerprint density at radius 2 is 1.35 bits per heavy atom. The molecule has 0 amide bonds. The molecule has 2 atom stereocenters. The molecule has 0 aliphatic heterocycles. The highest BCUT2D eigenvalue weighted by Gasteiger charge is 2.27. The van der Waals surface area contributed by atoms with E-state index in [2.05, 4.69) is 12.2 Å². The lowest BCUT2D eigenvalue weighted by Crippen LogP contribution is -2.44. The number of rotatable bonds is 4. The summed E-state index contributed by atoms with van der Waals surface area (Å²) in [6, 6.07) is 0.597. The minimum absolute atomic E-state index is 0.472. The fraction of sp³-hybridized carbons (Fsp3) is 1.00. The first-order chi connectivity index (χ1) is 9.90. The fourth-order valence-electron chi connectivity index (χ4n) is 3.57. The third-order valence-corrected chi connectivity index (χ3v) is 5.09. The molecular formula is C18H35NO. The second kappa shape index (κ2) is 9.78. The maximum atomic E-state index is 6.43. The Labute approximate surface area is 126 Å². The molecular weight excluding hydrogens is 246 g/mol. The van der Waals surface area contributed by atoms with E-state index in [4.69, 9.17) is 4.74 Å². The van der Waals surface area contributed by atoms with E-state index in [9.17, 15) is 0 Å². The summed E-state index contributed by atoms with van der Waals surface area (Å²) in [4.78, 5) is 0. The number of hydrogen-bond acceptors (Lipinski definition) is 2. The van der Waals surface area contributed by atoms with Crippen molar-refractivity contribution in [3.05, 3.63) is 0 Å². The van der Waals surface area contributed by atoms with Crippen molar-refractivity contribution < 1.29 is 4.74 Å². The lowest BCUT2D eigenvalue weighted by molar-refractivity contribution is -0.0714. The van der Waals surface area contributed by atoms with E-state index in [1.165, 1.54) is 83.5 Å². The topological polar surface area (TPSA) is 21.3 Å². The zero-order valence-electron chi connectivity index (χ0n) is 13.5. The summed E-state index contributed by atoms with van der Waals surface area (Å²) in [5.74, 6) is 0. The Kier molecular flexibility index (Phi) is 7.97. The van der Waals surface area contributed by atoms with Crippen LogP contribution in [0, 0.1) is 0 Å². The van der Waals surface area contributed by atoms with Crippen molar-refractivity contribution in [2.75, 3.05) is 6.54 Å². The molecule has 2 heteroatoms. The number of ether oxygens (including phenoxy) is 1. The SMILES string of the molecule is CCNC1CCCCCCCCCCC1OC1CCC1. The van der Waals surface area contributed by atoms with E-state index in [1.54, 1.807) is 0 Å². The lowest BCUT2D eigenvalue weighted by atomic mass is 9.93. The van der Waals surface area contributed by atoms with Crippen LogP contribution in [0.2, 0.25) is 0 Å². The van der Waals surface area contributed by atoms with Gasteiger partial charge in [0.05, 0.1) is 12.2 Å². The van der Waals surface area contributed by atoms with Crippen molar-refractivity contribution in [1.82, 2.24) is 5.32 Å². The van der Waals surface area contributed by atoms with Crippen LogP contribution >= 0.6 is 0 Å². The molecule has 0 bridgehead atoms. The van der Waals surface area contributed by atoms with Gasteiger partial charge in [0.2, 0.25) is 0 Å². The Morgan fingerprint density at radius 1 is 0.750 bits per heavy atom. The smallest absolute Gasteiger partial charge is 0.0731 e. The summed E-state index contributed by atoms with van der Waals surface area (Å²) in [6.45, 7) is 3.31. The molecule has 0 aromatic rings. The molecule has 0 heterocycles. The minimum Gasteiger partial charge on any atom is -0.373 e. The Balaban J connectivity index is 1.86. The zero-order valence-corrected chi connectivity index (χ0v) is 13.5. The molecule has 1 N–H and O–H groups in total. The quantitative estimate of drug-likeness (QED) is 0.798. The largest absolute Gasteiger partial charge is 0.373 e. The molecule has 0 radical (unpaired) electrons. The predicted octanol–water partition coefficient (Wildman–Crippen LogP) is 4.82. The number of hydrogen-bond donors (Lipinski definition) is 1. The van der Waals surface area contributed by atoms with Crippen molar-refractivity contribution in [3.8, 4) is 0 Å². The van der Waals surface area contributed by atoms with Crippen LogP contribution in [0.1, 0.15) is 90.4 Å². The molecule has 0 aromatic carbocycles. The standard InChI is InChI=1S/C18H35NO/c1-2-19-17-14-9-7-5-3-4-6-8-10-15-18(17)20-16-12-11-13-16/h16-19H,2-15H2,1H3. The van der Waals surface area contributed by atoms with Gasteiger partial charge in [0.1, 0.15) is 0 Å². The van der Waals surface area contributed by atoms with Crippen LogP contribution < -0.4 is 5.32 Å². The molecule has 2 fully saturated rings. The van der Waals surface area contributed by atoms with Gasteiger partial charge in [-0.05, 0) is 38.6 Å². The summed E-state index contributed by atoms with van der Waals surface area (Å²) in [5.41, 5.74) is 0. The fourth-order valence-corrected chi connectivity index (χ4v) is 3.57. The highest BCUT2D eigenvalue weighted by molar-refractivity contribution is 4.81. The Bertz CT molecular complexity index is 240. The summed E-state index contributed by atoms with van der Waals surface area (Å²) < 4.78 is 6.43.